The highest BCUT2D eigenvalue weighted by Gasteiger charge is 2.28. The molecule has 0 aromatic heterocycles. The molecule has 74 valence electrons. The molecule has 0 heterocycles. The Balaban J connectivity index is 2.71. The van der Waals surface area contributed by atoms with E-state index >= 15 is 0 Å². The van der Waals surface area contributed by atoms with E-state index in [0.717, 1.165) is 0 Å². The maximum Gasteiger partial charge on any atom is 0.00873 e. The third-order valence-electron chi connectivity index (χ3n) is 3.33. The van der Waals surface area contributed by atoms with Gasteiger partial charge in [-0.25, -0.2) is 0 Å². The van der Waals surface area contributed by atoms with Gasteiger partial charge in [0.05, 0.1) is 0 Å². The summed E-state index contributed by atoms with van der Waals surface area (Å²) in [6.45, 7) is 11.2. The Hall–Kier alpha value is -1.04. The molecule has 1 aromatic rings. The summed E-state index contributed by atoms with van der Waals surface area (Å²) in [5.41, 5.74) is 7.37. The van der Waals surface area contributed by atoms with Crippen LogP contribution < -0.4 is 0 Å². The lowest BCUT2D eigenvalue weighted by Crippen LogP contribution is -2.11. The van der Waals surface area contributed by atoms with E-state index < -0.39 is 0 Å². The number of aryl methyl sites for hydroxylation is 2. The molecule has 0 unspecified atom stereocenters. The van der Waals surface area contributed by atoms with Crippen LogP contribution in [0.3, 0.4) is 0 Å². The van der Waals surface area contributed by atoms with Crippen molar-refractivity contribution < 1.29 is 0 Å². The first-order valence-electron chi connectivity index (χ1n) is 5.23. The second-order valence-electron chi connectivity index (χ2n) is 5.03. The van der Waals surface area contributed by atoms with Gasteiger partial charge >= 0.3 is 0 Å². The second-order valence-corrected chi connectivity index (χ2v) is 5.03. The molecule has 0 amide bonds. The summed E-state index contributed by atoms with van der Waals surface area (Å²) in [4.78, 5) is 0. The quantitative estimate of drug-likeness (QED) is 0.574. The van der Waals surface area contributed by atoms with Crippen LogP contribution in [0.1, 0.15) is 43.0 Å². The van der Waals surface area contributed by atoms with Crippen molar-refractivity contribution in [3.05, 3.63) is 40.5 Å². The summed E-state index contributed by atoms with van der Waals surface area (Å²) in [5.74, 6) is 0. The Morgan fingerprint density at radius 1 is 0.929 bits per heavy atom. The smallest absolute Gasteiger partial charge is 0.00873 e. The van der Waals surface area contributed by atoms with Crippen molar-refractivity contribution in [3.8, 4) is 0 Å². The molecule has 0 nitrogen and oxygen atoms in total. The van der Waals surface area contributed by atoms with Crippen molar-refractivity contribution in [3.63, 3.8) is 0 Å². The summed E-state index contributed by atoms with van der Waals surface area (Å²) in [5, 5.41) is 0. The molecule has 0 atom stereocenters. The SMILES string of the molecule is CC1=CC(C)(C)c2cc(C)c(C)cc21. The number of fused-ring (bicyclic) bond motifs is 1. The normalized spacial score (nSPS) is 17.9. The monoisotopic (exact) mass is 186 g/mol. The van der Waals surface area contributed by atoms with Gasteiger partial charge in [0.2, 0.25) is 0 Å². The minimum Gasteiger partial charge on any atom is -0.0709 e. The molecular weight excluding hydrogens is 168 g/mol. The lowest BCUT2D eigenvalue weighted by Gasteiger charge is -2.18. The van der Waals surface area contributed by atoms with Gasteiger partial charge in [0.25, 0.3) is 0 Å². The van der Waals surface area contributed by atoms with Crippen LogP contribution in [-0.4, -0.2) is 0 Å². The van der Waals surface area contributed by atoms with Crippen LogP contribution in [0.15, 0.2) is 18.2 Å². The Labute approximate surface area is 86.7 Å². The van der Waals surface area contributed by atoms with Crippen LogP contribution in [0, 0.1) is 13.8 Å². The fourth-order valence-electron chi connectivity index (χ4n) is 2.37. The summed E-state index contributed by atoms with van der Waals surface area (Å²) in [6, 6.07) is 4.67. The molecule has 0 saturated heterocycles. The van der Waals surface area contributed by atoms with Gasteiger partial charge in [-0.2, -0.15) is 0 Å². The zero-order chi connectivity index (χ0) is 10.5. The van der Waals surface area contributed by atoms with Crippen LogP contribution in [0.4, 0.5) is 0 Å². The molecule has 0 saturated carbocycles. The molecule has 1 aliphatic carbocycles. The number of hydrogen-bond acceptors (Lipinski definition) is 0. The highest BCUT2D eigenvalue weighted by molar-refractivity contribution is 5.75. The van der Waals surface area contributed by atoms with E-state index in [9.17, 15) is 0 Å². The first kappa shape index (κ1) is 9.51. The van der Waals surface area contributed by atoms with E-state index in [1.54, 1.807) is 0 Å². The molecular formula is C14H18. The Morgan fingerprint density at radius 2 is 1.50 bits per heavy atom. The fourth-order valence-corrected chi connectivity index (χ4v) is 2.37. The Bertz CT molecular complexity index is 420. The van der Waals surface area contributed by atoms with Crippen LogP contribution in [0.5, 0.6) is 0 Å². The molecule has 1 aliphatic rings. The minimum absolute atomic E-state index is 0.220. The number of rotatable bonds is 0. The van der Waals surface area contributed by atoms with Gasteiger partial charge in [-0.1, -0.05) is 32.1 Å². The van der Waals surface area contributed by atoms with Gasteiger partial charge in [0.1, 0.15) is 0 Å². The highest BCUT2D eigenvalue weighted by atomic mass is 14.3. The third kappa shape index (κ3) is 1.21. The van der Waals surface area contributed by atoms with Crippen molar-refractivity contribution in [2.75, 3.05) is 0 Å². The van der Waals surface area contributed by atoms with Gasteiger partial charge in [-0.15, -0.1) is 0 Å². The van der Waals surface area contributed by atoms with Gasteiger partial charge in [-0.3, -0.25) is 0 Å². The average molecular weight is 186 g/mol. The van der Waals surface area contributed by atoms with Crippen molar-refractivity contribution in [2.45, 2.75) is 40.0 Å². The molecule has 0 spiro atoms. The van der Waals surface area contributed by atoms with E-state index in [4.69, 9.17) is 0 Å². The van der Waals surface area contributed by atoms with Crippen molar-refractivity contribution in [1.29, 1.82) is 0 Å². The maximum absolute atomic E-state index is 2.37. The average Bonchev–Trinajstić information content (AvgIpc) is 2.26. The zero-order valence-electron chi connectivity index (χ0n) is 9.73. The highest BCUT2D eigenvalue weighted by Crippen LogP contribution is 2.40. The summed E-state index contributed by atoms with van der Waals surface area (Å²) < 4.78 is 0. The predicted molar refractivity (Wildman–Crippen MR) is 62.6 cm³/mol. The second kappa shape index (κ2) is 2.73. The largest absolute Gasteiger partial charge is 0.0709 e. The van der Waals surface area contributed by atoms with Crippen LogP contribution in [-0.2, 0) is 5.41 Å². The van der Waals surface area contributed by atoms with E-state index in [1.165, 1.54) is 27.8 Å². The van der Waals surface area contributed by atoms with Crippen LogP contribution in [0.2, 0.25) is 0 Å². The van der Waals surface area contributed by atoms with Crippen molar-refractivity contribution in [1.82, 2.24) is 0 Å². The van der Waals surface area contributed by atoms with E-state index in [-0.39, 0.29) is 5.41 Å². The van der Waals surface area contributed by atoms with E-state index in [0.29, 0.717) is 0 Å². The van der Waals surface area contributed by atoms with E-state index in [2.05, 4.69) is 52.8 Å². The minimum atomic E-state index is 0.220. The first-order valence-corrected chi connectivity index (χ1v) is 5.23. The number of hydrogen-bond donors (Lipinski definition) is 0. The summed E-state index contributed by atoms with van der Waals surface area (Å²) in [6.07, 6.45) is 2.37. The first-order chi connectivity index (χ1) is 6.42. The van der Waals surface area contributed by atoms with Gasteiger partial charge in [-0.05, 0) is 48.6 Å². The van der Waals surface area contributed by atoms with Crippen molar-refractivity contribution >= 4 is 5.57 Å². The van der Waals surface area contributed by atoms with Crippen molar-refractivity contribution in [2.24, 2.45) is 0 Å². The fraction of sp³-hybridized carbons (Fsp3) is 0.429. The zero-order valence-corrected chi connectivity index (χ0v) is 9.73. The lowest BCUT2D eigenvalue weighted by atomic mass is 9.85. The molecule has 14 heavy (non-hydrogen) atoms. The maximum atomic E-state index is 2.37. The Kier molecular flexibility index (Phi) is 1.85. The van der Waals surface area contributed by atoms with Crippen LogP contribution >= 0.6 is 0 Å². The van der Waals surface area contributed by atoms with Gasteiger partial charge < -0.3 is 0 Å². The third-order valence-corrected chi connectivity index (χ3v) is 3.33. The van der Waals surface area contributed by atoms with Crippen LogP contribution in [0.25, 0.3) is 5.57 Å². The van der Waals surface area contributed by atoms with E-state index in [1.807, 2.05) is 0 Å². The topological polar surface area (TPSA) is 0 Å². The summed E-state index contributed by atoms with van der Waals surface area (Å²) >= 11 is 0. The molecule has 0 heteroatoms. The Morgan fingerprint density at radius 3 is 2.14 bits per heavy atom. The van der Waals surface area contributed by atoms with Gasteiger partial charge in [0, 0.05) is 5.41 Å². The standard InChI is InChI=1S/C14H18/c1-9-6-12-11(3)8-14(4,5)13(12)7-10(9)2/h6-8H,1-5H3. The predicted octanol–water partition coefficient (Wildman–Crippen LogP) is 4.00. The lowest BCUT2D eigenvalue weighted by molar-refractivity contribution is 0.682. The van der Waals surface area contributed by atoms with Gasteiger partial charge in [0.15, 0.2) is 0 Å². The summed E-state index contributed by atoms with van der Waals surface area (Å²) in [7, 11) is 0. The number of benzene rings is 1. The molecule has 1 aromatic carbocycles. The molecule has 0 radical (unpaired) electrons. The molecule has 0 N–H and O–H groups in total. The molecule has 0 fully saturated rings. The number of allylic oxidation sites excluding steroid dienone is 2. The molecule has 2 rings (SSSR count). The molecule has 0 aliphatic heterocycles. The molecule has 0 bridgehead atoms.